The fraction of sp³-hybridized carbons (Fsp3) is 0.381. The molecule has 2 aromatic carbocycles. The monoisotopic (exact) mass is 353 g/mol. The van der Waals surface area contributed by atoms with Crippen molar-refractivity contribution in [1.82, 2.24) is 5.06 Å². The van der Waals surface area contributed by atoms with Crippen LogP contribution in [0.3, 0.4) is 0 Å². The van der Waals surface area contributed by atoms with E-state index in [1.165, 1.54) is 0 Å². The minimum atomic E-state index is -0.281. The van der Waals surface area contributed by atoms with Gasteiger partial charge >= 0.3 is 5.97 Å². The predicted molar refractivity (Wildman–Crippen MR) is 95.8 cm³/mol. The summed E-state index contributed by atoms with van der Waals surface area (Å²) in [6.07, 6.45) is -0.339. The first-order valence-electron chi connectivity index (χ1n) is 9.03. The number of ether oxygens (including phenoxy) is 2. The summed E-state index contributed by atoms with van der Waals surface area (Å²) < 4.78 is 11.7. The number of fused-ring (bicyclic) bond motifs is 1. The summed E-state index contributed by atoms with van der Waals surface area (Å²) in [5, 5.41) is 1.92. The van der Waals surface area contributed by atoms with E-state index in [0.717, 1.165) is 11.1 Å². The van der Waals surface area contributed by atoms with Crippen LogP contribution in [0.4, 0.5) is 0 Å². The van der Waals surface area contributed by atoms with E-state index < -0.39 is 0 Å². The molecule has 4 atom stereocenters. The van der Waals surface area contributed by atoms with E-state index in [1.807, 2.05) is 60.5 Å². The lowest BCUT2D eigenvalue weighted by Gasteiger charge is -2.30. The summed E-state index contributed by atoms with van der Waals surface area (Å²) in [6.45, 7) is 3.17. The molecule has 2 fully saturated rings. The van der Waals surface area contributed by atoms with E-state index in [2.05, 4.69) is 12.1 Å². The normalized spacial score (nSPS) is 26.5. The van der Waals surface area contributed by atoms with Gasteiger partial charge in [0.25, 0.3) is 0 Å². The summed E-state index contributed by atoms with van der Waals surface area (Å²) in [7, 11) is 0. The Balaban J connectivity index is 1.47. The van der Waals surface area contributed by atoms with Gasteiger partial charge in [-0.3, -0.25) is 9.63 Å². The molecular weight excluding hydrogens is 330 g/mol. The van der Waals surface area contributed by atoms with Gasteiger partial charge in [0, 0.05) is 6.54 Å². The Morgan fingerprint density at radius 1 is 1.08 bits per heavy atom. The van der Waals surface area contributed by atoms with Crippen LogP contribution in [-0.4, -0.2) is 35.4 Å². The van der Waals surface area contributed by atoms with Gasteiger partial charge in [0.05, 0.1) is 19.1 Å². The van der Waals surface area contributed by atoms with E-state index in [9.17, 15) is 4.79 Å². The van der Waals surface area contributed by atoms with Gasteiger partial charge in [-0.15, -0.1) is 0 Å². The standard InChI is InChI=1S/C21H23NO4/c1-15(24-14-17-10-6-3-7-11-17)20-21-18(12-19(23)25-21)26-22(20)13-16-8-4-2-5-9-16/h2-11,15,18,20-21H,12-14H2,1H3/t15-,18-,20-,21+/m0/s1. The molecule has 26 heavy (non-hydrogen) atoms. The van der Waals surface area contributed by atoms with Crippen molar-refractivity contribution >= 4 is 5.97 Å². The van der Waals surface area contributed by atoms with Crippen molar-refractivity contribution in [3.63, 3.8) is 0 Å². The molecular formula is C21H23NO4. The predicted octanol–water partition coefficient (Wildman–Crippen LogP) is 3.09. The molecule has 136 valence electrons. The second kappa shape index (κ2) is 7.58. The molecule has 0 amide bonds. The zero-order valence-corrected chi connectivity index (χ0v) is 14.8. The minimum absolute atomic E-state index is 0.129. The average molecular weight is 353 g/mol. The van der Waals surface area contributed by atoms with Crippen molar-refractivity contribution in [2.24, 2.45) is 0 Å². The molecule has 2 aromatic rings. The summed E-state index contributed by atoms with van der Waals surface area (Å²) in [4.78, 5) is 17.8. The van der Waals surface area contributed by atoms with E-state index in [0.29, 0.717) is 19.6 Å². The molecule has 0 radical (unpaired) electrons. The molecule has 2 heterocycles. The number of carbonyl (C=O) groups excluding carboxylic acids is 1. The van der Waals surface area contributed by atoms with Crippen LogP contribution >= 0.6 is 0 Å². The molecule has 4 rings (SSSR count). The van der Waals surface area contributed by atoms with Gasteiger partial charge in [0.15, 0.2) is 6.10 Å². The Morgan fingerprint density at radius 3 is 2.42 bits per heavy atom. The van der Waals surface area contributed by atoms with Gasteiger partial charge in [-0.05, 0) is 18.1 Å². The highest BCUT2D eigenvalue weighted by Crippen LogP contribution is 2.35. The smallest absolute Gasteiger partial charge is 0.309 e. The van der Waals surface area contributed by atoms with Crippen LogP contribution in [0.25, 0.3) is 0 Å². The molecule has 0 aliphatic carbocycles. The zero-order valence-electron chi connectivity index (χ0n) is 14.8. The maximum absolute atomic E-state index is 11.7. The molecule has 5 nitrogen and oxygen atoms in total. The number of nitrogens with zero attached hydrogens (tertiary/aromatic N) is 1. The van der Waals surface area contributed by atoms with Gasteiger partial charge < -0.3 is 9.47 Å². The highest BCUT2D eigenvalue weighted by molar-refractivity contribution is 5.72. The second-order valence-electron chi connectivity index (χ2n) is 6.86. The number of hydrogen-bond acceptors (Lipinski definition) is 5. The van der Waals surface area contributed by atoms with Crippen LogP contribution in [0.2, 0.25) is 0 Å². The maximum atomic E-state index is 11.7. The SMILES string of the molecule is C[C@H](OCc1ccccc1)[C@H]1[C@@H]2OC(=O)C[C@@H]2ON1Cc1ccccc1. The number of benzene rings is 2. The third-order valence-electron chi connectivity index (χ3n) is 4.96. The van der Waals surface area contributed by atoms with Crippen molar-refractivity contribution in [2.45, 2.75) is 50.8 Å². The summed E-state index contributed by atoms with van der Waals surface area (Å²) in [5.41, 5.74) is 2.27. The zero-order chi connectivity index (χ0) is 17.9. The Bertz CT molecular complexity index is 736. The Labute approximate surface area is 153 Å². The quantitative estimate of drug-likeness (QED) is 0.747. The molecule has 0 bridgehead atoms. The van der Waals surface area contributed by atoms with Crippen LogP contribution < -0.4 is 0 Å². The third-order valence-corrected chi connectivity index (χ3v) is 4.96. The van der Waals surface area contributed by atoms with Crippen molar-refractivity contribution < 1.29 is 19.1 Å². The van der Waals surface area contributed by atoms with Gasteiger partial charge in [-0.1, -0.05) is 60.7 Å². The van der Waals surface area contributed by atoms with E-state index >= 15 is 0 Å². The molecule has 0 unspecified atom stereocenters. The fourth-order valence-corrected chi connectivity index (χ4v) is 3.66. The average Bonchev–Trinajstić information content (AvgIpc) is 3.16. The minimum Gasteiger partial charge on any atom is -0.458 e. The molecule has 2 saturated heterocycles. The highest BCUT2D eigenvalue weighted by atomic mass is 16.7. The Morgan fingerprint density at radius 2 is 1.73 bits per heavy atom. The van der Waals surface area contributed by atoms with E-state index in [1.54, 1.807) is 0 Å². The van der Waals surface area contributed by atoms with E-state index in [4.69, 9.17) is 14.3 Å². The lowest BCUT2D eigenvalue weighted by molar-refractivity contribution is -0.191. The van der Waals surface area contributed by atoms with Crippen molar-refractivity contribution in [2.75, 3.05) is 0 Å². The topological polar surface area (TPSA) is 48.0 Å². The molecule has 0 aromatic heterocycles. The summed E-state index contributed by atoms with van der Waals surface area (Å²) >= 11 is 0. The van der Waals surface area contributed by atoms with Gasteiger partial charge in [-0.2, -0.15) is 5.06 Å². The first-order chi connectivity index (χ1) is 12.7. The Hall–Kier alpha value is -2.21. The summed E-state index contributed by atoms with van der Waals surface area (Å²) in [5.74, 6) is -0.195. The lowest BCUT2D eigenvalue weighted by Crippen LogP contribution is -2.45. The van der Waals surface area contributed by atoms with Gasteiger partial charge in [0.1, 0.15) is 12.1 Å². The molecule has 0 spiro atoms. The van der Waals surface area contributed by atoms with E-state index in [-0.39, 0.29) is 30.3 Å². The van der Waals surface area contributed by atoms with Crippen LogP contribution in [0, 0.1) is 0 Å². The highest BCUT2D eigenvalue weighted by Gasteiger charge is 2.53. The second-order valence-corrected chi connectivity index (χ2v) is 6.86. The molecule has 5 heteroatoms. The lowest BCUT2D eigenvalue weighted by atomic mass is 10.0. The first-order valence-corrected chi connectivity index (χ1v) is 9.03. The van der Waals surface area contributed by atoms with Gasteiger partial charge in [0.2, 0.25) is 0 Å². The third kappa shape index (κ3) is 3.65. The van der Waals surface area contributed by atoms with Crippen LogP contribution in [-0.2, 0) is 32.3 Å². The fourth-order valence-electron chi connectivity index (χ4n) is 3.66. The molecule has 0 N–H and O–H groups in total. The van der Waals surface area contributed by atoms with Crippen molar-refractivity contribution in [3.8, 4) is 0 Å². The number of carbonyl (C=O) groups is 1. The van der Waals surface area contributed by atoms with Crippen molar-refractivity contribution in [3.05, 3.63) is 71.8 Å². The van der Waals surface area contributed by atoms with Gasteiger partial charge in [-0.25, -0.2) is 0 Å². The van der Waals surface area contributed by atoms with Crippen LogP contribution in [0.15, 0.2) is 60.7 Å². The van der Waals surface area contributed by atoms with Crippen LogP contribution in [0.1, 0.15) is 24.5 Å². The number of hydrogen-bond donors (Lipinski definition) is 0. The Kier molecular flexibility index (Phi) is 5.02. The molecule has 2 aliphatic heterocycles. The maximum Gasteiger partial charge on any atom is 0.309 e. The number of esters is 1. The number of rotatable bonds is 6. The molecule has 0 saturated carbocycles. The largest absolute Gasteiger partial charge is 0.458 e. The van der Waals surface area contributed by atoms with Crippen LogP contribution in [0.5, 0.6) is 0 Å². The first kappa shape index (κ1) is 17.2. The number of hydroxylamine groups is 2. The molecule has 2 aliphatic rings. The van der Waals surface area contributed by atoms with Crippen molar-refractivity contribution in [1.29, 1.82) is 0 Å². The summed E-state index contributed by atoms with van der Waals surface area (Å²) in [6, 6.07) is 20.1.